The van der Waals surface area contributed by atoms with Gasteiger partial charge in [-0.2, -0.15) is 17.5 Å². The quantitative estimate of drug-likeness (QED) is 0.572. The Labute approximate surface area is 149 Å². The van der Waals surface area contributed by atoms with Crippen LogP contribution in [0.1, 0.15) is 31.2 Å². The molecule has 2 rings (SSSR count). The summed E-state index contributed by atoms with van der Waals surface area (Å²) in [5.41, 5.74) is -4.43. The standard InChI is InChI=1S/C14H22F3N5O3S/c1-3-10-8-12(25-21-10)9-19-13(18-2)20-11-4-6-22(7-5-11)26(23,24)14(15,16)17/h8,11H,3-7,9H2,1-2H3,(H2,18,19,20). The van der Waals surface area contributed by atoms with Crippen LogP contribution in [0.25, 0.3) is 0 Å². The molecule has 2 heterocycles. The van der Waals surface area contributed by atoms with Crippen LogP contribution in [0.2, 0.25) is 0 Å². The lowest BCUT2D eigenvalue weighted by molar-refractivity contribution is -0.0494. The van der Waals surface area contributed by atoms with Gasteiger partial charge in [-0.25, -0.2) is 8.42 Å². The van der Waals surface area contributed by atoms with E-state index in [1.54, 1.807) is 7.05 Å². The molecule has 0 atom stereocenters. The molecule has 1 saturated heterocycles. The fourth-order valence-corrected chi connectivity index (χ4v) is 3.54. The van der Waals surface area contributed by atoms with Crippen LogP contribution in [0.4, 0.5) is 13.2 Å². The van der Waals surface area contributed by atoms with Gasteiger partial charge in [-0.3, -0.25) is 4.99 Å². The highest BCUT2D eigenvalue weighted by Gasteiger charge is 2.50. The maximum atomic E-state index is 12.6. The van der Waals surface area contributed by atoms with Crippen molar-refractivity contribution in [2.75, 3.05) is 20.1 Å². The Balaban J connectivity index is 1.83. The van der Waals surface area contributed by atoms with Gasteiger partial charge in [0.25, 0.3) is 0 Å². The SMILES string of the molecule is CCc1cc(CNC(=NC)NC2CCN(S(=O)(=O)C(F)(F)F)CC2)on1. The number of piperidine rings is 1. The van der Waals surface area contributed by atoms with E-state index in [1.807, 2.05) is 13.0 Å². The van der Waals surface area contributed by atoms with Gasteiger partial charge in [0.15, 0.2) is 11.7 Å². The van der Waals surface area contributed by atoms with Crippen molar-refractivity contribution in [3.8, 4) is 0 Å². The molecule has 0 aliphatic carbocycles. The van der Waals surface area contributed by atoms with Gasteiger partial charge in [0, 0.05) is 32.2 Å². The third-order valence-electron chi connectivity index (χ3n) is 4.05. The number of aliphatic imine (C=N–C) groups is 1. The van der Waals surface area contributed by atoms with E-state index in [9.17, 15) is 21.6 Å². The Bertz CT molecular complexity index is 724. The van der Waals surface area contributed by atoms with Crippen molar-refractivity contribution in [1.82, 2.24) is 20.1 Å². The Kier molecular flexibility index (Phi) is 6.50. The lowest BCUT2D eigenvalue weighted by Crippen LogP contribution is -2.51. The second-order valence-electron chi connectivity index (χ2n) is 5.83. The Hall–Kier alpha value is -1.82. The smallest absolute Gasteiger partial charge is 0.359 e. The summed E-state index contributed by atoms with van der Waals surface area (Å²) < 4.78 is 66.2. The first-order valence-corrected chi connectivity index (χ1v) is 9.59. The number of nitrogens with one attached hydrogen (secondary N) is 2. The van der Waals surface area contributed by atoms with E-state index in [2.05, 4.69) is 20.8 Å². The number of aromatic nitrogens is 1. The molecule has 0 aromatic carbocycles. The zero-order chi connectivity index (χ0) is 19.4. The molecule has 0 unspecified atom stereocenters. The summed E-state index contributed by atoms with van der Waals surface area (Å²) in [5, 5.41) is 9.99. The van der Waals surface area contributed by atoms with Crippen LogP contribution >= 0.6 is 0 Å². The van der Waals surface area contributed by atoms with Gasteiger partial charge in [-0.05, 0) is 19.3 Å². The van der Waals surface area contributed by atoms with Gasteiger partial charge >= 0.3 is 15.5 Å². The first-order chi connectivity index (χ1) is 12.2. The zero-order valence-corrected chi connectivity index (χ0v) is 15.3. The lowest BCUT2D eigenvalue weighted by atomic mass is 10.1. The minimum Gasteiger partial charge on any atom is -0.359 e. The van der Waals surface area contributed by atoms with Crippen molar-refractivity contribution < 1.29 is 26.1 Å². The summed E-state index contributed by atoms with van der Waals surface area (Å²) in [6.45, 7) is 1.92. The van der Waals surface area contributed by atoms with E-state index in [-0.39, 0.29) is 32.0 Å². The van der Waals surface area contributed by atoms with Crippen LogP contribution in [-0.4, -0.2) is 55.5 Å². The highest BCUT2D eigenvalue weighted by atomic mass is 32.2. The van der Waals surface area contributed by atoms with Gasteiger partial charge < -0.3 is 15.2 Å². The molecule has 1 aliphatic heterocycles. The topological polar surface area (TPSA) is 99.8 Å². The summed E-state index contributed by atoms with van der Waals surface area (Å²) in [7, 11) is -3.70. The van der Waals surface area contributed by atoms with Crippen molar-refractivity contribution in [1.29, 1.82) is 0 Å². The molecule has 8 nitrogen and oxygen atoms in total. The predicted molar refractivity (Wildman–Crippen MR) is 88.8 cm³/mol. The minimum absolute atomic E-state index is 0.179. The van der Waals surface area contributed by atoms with Crippen LogP contribution in [-0.2, 0) is 23.0 Å². The van der Waals surface area contributed by atoms with Crippen LogP contribution < -0.4 is 10.6 Å². The van der Waals surface area contributed by atoms with Crippen molar-refractivity contribution in [3.63, 3.8) is 0 Å². The number of halogens is 3. The fourth-order valence-electron chi connectivity index (χ4n) is 2.55. The van der Waals surface area contributed by atoms with E-state index in [0.29, 0.717) is 22.6 Å². The molecule has 0 spiro atoms. The largest absolute Gasteiger partial charge is 0.511 e. The molecule has 0 saturated carbocycles. The lowest BCUT2D eigenvalue weighted by Gasteiger charge is -2.32. The molecule has 12 heteroatoms. The van der Waals surface area contributed by atoms with Crippen molar-refractivity contribution in [3.05, 3.63) is 17.5 Å². The van der Waals surface area contributed by atoms with Crippen LogP contribution in [0.3, 0.4) is 0 Å². The number of aryl methyl sites for hydroxylation is 1. The van der Waals surface area contributed by atoms with Gasteiger partial charge in [-0.1, -0.05) is 12.1 Å². The Morgan fingerprint density at radius 3 is 2.58 bits per heavy atom. The van der Waals surface area contributed by atoms with Crippen molar-refractivity contribution in [2.24, 2.45) is 4.99 Å². The summed E-state index contributed by atoms with van der Waals surface area (Å²) in [6.07, 6.45) is 1.26. The monoisotopic (exact) mass is 397 g/mol. The molecule has 1 aromatic rings. The van der Waals surface area contributed by atoms with Gasteiger partial charge in [0.05, 0.1) is 12.2 Å². The third-order valence-corrected chi connectivity index (χ3v) is 5.68. The number of nitrogens with zero attached hydrogens (tertiary/aromatic N) is 3. The molecular weight excluding hydrogens is 375 g/mol. The fraction of sp³-hybridized carbons (Fsp3) is 0.714. The van der Waals surface area contributed by atoms with Gasteiger partial charge in [0.1, 0.15) is 0 Å². The van der Waals surface area contributed by atoms with E-state index >= 15 is 0 Å². The number of alkyl halides is 3. The second-order valence-corrected chi connectivity index (χ2v) is 7.76. The summed E-state index contributed by atoms with van der Waals surface area (Å²) in [6, 6.07) is 1.64. The van der Waals surface area contributed by atoms with Crippen molar-refractivity contribution in [2.45, 2.75) is 44.3 Å². The van der Waals surface area contributed by atoms with Gasteiger partial charge in [-0.15, -0.1) is 0 Å². The summed E-state index contributed by atoms with van der Waals surface area (Å²) >= 11 is 0. The second kappa shape index (κ2) is 8.25. The molecule has 0 amide bonds. The van der Waals surface area contributed by atoms with Crippen LogP contribution in [0.5, 0.6) is 0 Å². The van der Waals surface area contributed by atoms with E-state index in [4.69, 9.17) is 4.52 Å². The number of rotatable bonds is 5. The van der Waals surface area contributed by atoms with E-state index in [1.165, 1.54) is 0 Å². The molecule has 2 N–H and O–H groups in total. The number of guanidine groups is 1. The Morgan fingerprint density at radius 2 is 2.08 bits per heavy atom. The first-order valence-electron chi connectivity index (χ1n) is 8.15. The molecular formula is C14H22F3N5O3S. The Morgan fingerprint density at radius 1 is 1.42 bits per heavy atom. The molecule has 0 bridgehead atoms. The summed E-state index contributed by atoms with van der Waals surface area (Å²) in [4.78, 5) is 4.05. The molecule has 1 fully saturated rings. The normalized spacial score (nSPS) is 18.1. The van der Waals surface area contributed by atoms with Crippen molar-refractivity contribution >= 4 is 16.0 Å². The third kappa shape index (κ3) is 4.87. The zero-order valence-electron chi connectivity index (χ0n) is 14.5. The predicted octanol–water partition coefficient (Wildman–Crippen LogP) is 1.22. The average molecular weight is 397 g/mol. The maximum absolute atomic E-state index is 12.6. The van der Waals surface area contributed by atoms with Crippen LogP contribution in [0.15, 0.2) is 15.6 Å². The highest BCUT2D eigenvalue weighted by molar-refractivity contribution is 7.90. The van der Waals surface area contributed by atoms with Gasteiger partial charge in [0.2, 0.25) is 0 Å². The first kappa shape index (κ1) is 20.5. The van der Waals surface area contributed by atoms with E-state index in [0.717, 1.165) is 12.1 Å². The molecule has 1 aliphatic rings. The maximum Gasteiger partial charge on any atom is 0.511 e. The van der Waals surface area contributed by atoms with E-state index < -0.39 is 15.5 Å². The molecule has 148 valence electrons. The van der Waals surface area contributed by atoms with Crippen LogP contribution in [0, 0.1) is 0 Å². The summed E-state index contributed by atoms with van der Waals surface area (Å²) in [5.74, 6) is 1.09. The minimum atomic E-state index is -5.26. The average Bonchev–Trinajstić information content (AvgIpc) is 3.06. The number of hydrogen-bond acceptors (Lipinski definition) is 5. The number of hydrogen-bond donors (Lipinski definition) is 2. The molecule has 26 heavy (non-hydrogen) atoms. The number of sulfonamides is 1. The highest BCUT2D eigenvalue weighted by Crippen LogP contribution is 2.28. The molecule has 1 aromatic heterocycles. The molecule has 0 radical (unpaired) electrons.